The number of hydrogen-bond acceptors (Lipinski definition) is 2. The molecular weight excluding hydrogens is 380 g/mol. The first-order valence-electron chi connectivity index (χ1n) is 10.1. The van der Waals surface area contributed by atoms with Gasteiger partial charge in [-0.15, -0.1) is 0 Å². The van der Waals surface area contributed by atoms with Gasteiger partial charge in [-0.3, -0.25) is 9.59 Å². The van der Waals surface area contributed by atoms with Gasteiger partial charge >= 0.3 is 0 Å². The summed E-state index contributed by atoms with van der Waals surface area (Å²) in [6.45, 7) is 13.4. The number of carbonyl (C=O) groups is 2. The van der Waals surface area contributed by atoms with Crippen molar-refractivity contribution in [1.29, 1.82) is 0 Å². The van der Waals surface area contributed by atoms with Crippen molar-refractivity contribution in [2.24, 2.45) is 10.8 Å². The van der Waals surface area contributed by atoms with E-state index < -0.39 is 10.8 Å². The predicted molar refractivity (Wildman–Crippen MR) is 121 cm³/mol. The van der Waals surface area contributed by atoms with Gasteiger partial charge in [-0.25, -0.2) is 0 Å². The van der Waals surface area contributed by atoms with Gasteiger partial charge in [0, 0.05) is 16.0 Å². The van der Waals surface area contributed by atoms with E-state index in [-0.39, 0.29) is 11.6 Å². The van der Waals surface area contributed by atoms with Crippen molar-refractivity contribution in [3.8, 4) is 11.1 Å². The lowest BCUT2D eigenvalue weighted by molar-refractivity contribution is -0.141. The first-order chi connectivity index (χ1) is 13.4. The fraction of sp³-hybridized carbons (Fsp3) is 0.385. The van der Waals surface area contributed by atoms with E-state index in [4.69, 9.17) is 11.6 Å². The van der Waals surface area contributed by atoms with Crippen LogP contribution in [0.15, 0.2) is 42.0 Å². The Morgan fingerprint density at radius 2 is 1.55 bits per heavy atom. The molecule has 3 rings (SSSR count). The average molecular weight is 409 g/mol. The number of rotatable bonds is 3. The van der Waals surface area contributed by atoms with Gasteiger partial charge in [-0.1, -0.05) is 42.8 Å². The van der Waals surface area contributed by atoms with Crippen LogP contribution in [0.5, 0.6) is 0 Å². The third-order valence-electron chi connectivity index (χ3n) is 6.58. The summed E-state index contributed by atoms with van der Waals surface area (Å²) in [4.78, 5) is 26.5. The normalized spacial score (nSPS) is 18.3. The highest BCUT2D eigenvalue weighted by molar-refractivity contribution is 6.34. The quantitative estimate of drug-likeness (QED) is 0.520. The third-order valence-corrected chi connectivity index (χ3v) is 6.99. The van der Waals surface area contributed by atoms with Crippen LogP contribution in [0.1, 0.15) is 58.2 Å². The average Bonchev–Trinajstić information content (AvgIpc) is 2.68. The Bertz CT molecular complexity index is 1050. The Morgan fingerprint density at radius 1 is 0.897 bits per heavy atom. The van der Waals surface area contributed by atoms with E-state index in [1.807, 2.05) is 45.9 Å². The molecule has 0 unspecified atom stereocenters. The Balaban J connectivity index is 2.32. The molecule has 0 saturated heterocycles. The van der Waals surface area contributed by atoms with E-state index in [1.165, 1.54) is 0 Å². The van der Waals surface area contributed by atoms with Crippen LogP contribution in [-0.4, -0.2) is 11.6 Å². The largest absolute Gasteiger partial charge is 0.298 e. The van der Waals surface area contributed by atoms with Gasteiger partial charge < -0.3 is 0 Å². The summed E-state index contributed by atoms with van der Waals surface area (Å²) in [6.07, 6.45) is 0.809. The minimum absolute atomic E-state index is 0.0175. The summed E-state index contributed by atoms with van der Waals surface area (Å²) in [7, 11) is 0. The van der Waals surface area contributed by atoms with Crippen molar-refractivity contribution in [3.05, 3.63) is 63.7 Å². The minimum atomic E-state index is -1.04. The highest BCUT2D eigenvalue weighted by atomic mass is 35.5. The Hall–Kier alpha value is -2.19. The van der Waals surface area contributed by atoms with E-state index in [9.17, 15) is 9.59 Å². The Kier molecular flexibility index (Phi) is 5.38. The molecule has 0 saturated carbocycles. The van der Waals surface area contributed by atoms with Gasteiger partial charge in [-0.05, 0) is 93.5 Å². The molecule has 1 aliphatic carbocycles. The lowest BCUT2D eigenvalue weighted by Gasteiger charge is -2.40. The lowest BCUT2D eigenvalue weighted by Crippen LogP contribution is -2.47. The fourth-order valence-electron chi connectivity index (χ4n) is 4.38. The molecule has 0 N–H and O–H groups in total. The number of hydrogen-bond donors (Lipinski definition) is 0. The number of ketones is 2. The standard InChI is InChI=1S/C26H29ClO2/c1-8-17-12-13-18(19-10-9-11-21(27)15(19)2)14-20(17)22-16(3)25(4,5)24(29)26(6,7)23(22)28/h9-14H,8H2,1-7H3. The van der Waals surface area contributed by atoms with Crippen molar-refractivity contribution >= 4 is 28.7 Å². The molecule has 0 spiro atoms. The van der Waals surface area contributed by atoms with Gasteiger partial charge in [0.15, 0.2) is 11.6 Å². The lowest BCUT2D eigenvalue weighted by atomic mass is 9.60. The number of aryl methyl sites for hydroxylation is 1. The molecule has 2 aromatic carbocycles. The molecule has 0 fully saturated rings. The van der Waals surface area contributed by atoms with Crippen LogP contribution < -0.4 is 0 Å². The zero-order valence-electron chi connectivity index (χ0n) is 18.4. The second-order valence-corrected chi connectivity index (χ2v) is 9.45. The zero-order valence-corrected chi connectivity index (χ0v) is 19.1. The van der Waals surface area contributed by atoms with Crippen LogP contribution >= 0.6 is 11.6 Å². The molecular formula is C26H29ClO2. The molecule has 0 amide bonds. The zero-order chi connectivity index (χ0) is 21.7. The van der Waals surface area contributed by atoms with Crippen LogP contribution in [0.4, 0.5) is 0 Å². The van der Waals surface area contributed by atoms with Crippen molar-refractivity contribution in [2.45, 2.75) is 54.9 Å². The highest BCUT2D eigenvalue weighted by Crippen LogP contribution is 2.48. The van der Waals surface area contributed by atoms with Gasteiger partial charge in [-0.2, -0.15) is 0 Å². The van der Waals surface area contributed by atoms with Crippen molar-refractivity contribution in [3.63, 3.8) is 0 Å². The van der Waals surface area contributed by atoms with E-state index in [0.29, 0.717) is 5.57 Å². The van der Waals surface area contributed by atoms with Gasteiger partial charge in [0.25, 0.3) is 0 Å². The number of benzene rings is 2. The first kappa shape index (κ1) is 21.5. The summed E-state index contributed by atoms with van der Waals surface area (Å²) >= 11 is 6.35. The van der Waals surface area contributed by atoms with E-state index in [1.54, 1.807) is 13.8 Å². The van der Waals surface area contributed by atoms with Crippen LogP contribution in [0.25, 0.3) is 16.7 Å². The van der Waals surface area contributed by atoms with Gasteiger partial charge in [0.1, 0.15) is 0 Å². The molecule has 0 radical (unpaired) electrons. The molecule has 2 aromatic rings. The van der Waals surface area contributed by atoms with Gasteiger partial charge in [0.05, 0.1) is 5.41 Å². The molecule has 0 aliphatic heterocycles. The smallest absolute Gasteiger partial charge is 0.176 e. The number of Topliss-reactive ketones (excluding diaryl/α,β-unsaturated/α-hetero) is 2. The molecule has 0 atom stereocenters. The number of halogens is 1. The van der Waals surface area contributed by atoms with Crippen molar-refractivity contribution in [2.75, 3.05) is 0 Å². The highest BCUT2D eigenvalue weighted by Gasteiger charge is 2.51. The van der Waals surface area contributed by atoms with Crippen LogP contribution in [-0.2, 0) is 16.0 Å². The van der Waals surface area contributed by atoms with Gasteiger partial charge in [0.2, 0.25) is 0 Å². The third kappa shape index (κ3) is 3.28. The van der Waals surface area contributed by atoms with Crippen LogP contribution in [0, 0.1) is 17.8 Å². The van der Waals surface area contributed by atoms with E-state index >= 15 is 0 Å². The van der Waals surface area contributed by atoms with Crippen molar-refractivity contribution in [1.82, 2.24) is 0 Å². The SMILES string of the molecule is CCc1ccc(-c2cccc(Cl)c2C)cc1C1=C(C)C(C)(C)C(=O)C(C)(C)C1=O. The summed E-state index contributed by atoms with van der Waals surface area (Å²) in [5.41, 5.74) is 4.96. The van der Waals surface area contributed by atoms with Crippen molar-refractivity contribution < 1.29 is 9.59 Å². The van der Waals surface area contributed by atoms with Crippen LogP contribution in [0.2, 0.25) is 5.02 Å². The second kappa shape index (κ2) is 7.25. The topological polar surface area (TPSA) is 34.1 Å². The molecule has 2 nitrogen and oxygen atoms in total. The summed E-state index contributed by atoms with van der Waals surface area (Å²) < 4.78 is 0. The molecule has 152 valence electrons. The summed E-state index contributed by atoms with van der Waals surface area (Å²) in [6, 6.07) is 12.2. The second-order valence-electron chi connectivity index (χ2n) is 9.05. The number of carbonyl (C=O) groups excluding carboxylic acids is 2. The molecule has 0 aromatic heterocycles. The number of allylic oxidation sites excluding steroid dienone is 2. The maximum Gasteiger partial charge on any atom is 0.176 e. The Labute approximate surface area is 179 Å². The fourth-order valence-corrected chi connectivity index (χ4v) is 4.55. The Morgan fingerprint density at radius 3 is 2.17 bits per heavy atom. The maximum atomic E-state index is 13.5. The minimum Gasteiger partial charge on any atom is -0.298 e. The summed E-state index contributed by atoms with van der Waals surface area (Å²) in [5, 5.41) is 0.723. The molecule has 29 heavy (non-hydrogen) atoms. The van der Waals surface area contributed by atoms with E-state index in [2.05, 4.69) is 25.1 Å². The van der Waals surface area contributed by atoms with Crippen LogP contribution in [0.3, 0.4) is 0 Å². The monoisotopic (exact) mass is 408 g/mol. The first-order valence-corrected chi connectivity index (χ1v) is 10.5. The summed E-state index contributed by atoms with van der Waals surface area (Å²) in [5.74, 6) is -0.106. The molecule has 0 heterocycles. The predicted octanol–water partition coefficient (Wildman–Crippen LogP) is 6.86. The molecule has 3 heteroatoms. The van der Waals surface area contributed by atoms with E-state index in [0.717, 1.165) is 44.8 Å². The molecule has 1 aliphatic rings. The maximum absolute atomic E-state index is 13.5. The molecule has 0 bridgehead atoms.